The molecule has 3 rings (SSSR count). The van der Waals surface area contributed by atoms with Crippen LogP contribution in [0.1, 0.15) is 16.9 Å². The quantitative estimate of drug-likeness (QED) is 0.642. The summed E-state index contributed by atoms with van der Waals surface area (Å²) >= 11 is 1.79. The van der Waals surface area contributed by atoms with Crippen molar-refractivity contribution in [2.75, 3.05) is 0 Å². The van der Waals surface area contributed by atoms with Crippen LogP contribution in [-0.4, -0.2) is 0 Å². The first-order chi connectivity index (χ1) is 6.86. The lowest BCUT2D eigenvalue weighted by molar-refractivity contribution is 0.913. The maximum atomic E-state index is 12.0. The van der Waals surface area contributed by atoms with Crippen molar-refractivity contribution in [1.82, 2.24) is 0 Å². The van der Waals surface area contributed by atoms with Gasteiger partial charge in [0, 0.05) is 20.5 Å². The van der Waals surface area contributed by atoms with Crippen molar-refractivity contribution in [3.63, 3.8) is 0 Å². The van der Waals surface area contributed by atoms with Crippen molar-refractivity contribution in [3.8, 4) is 0 Å². The van der Waals surface area contributed by atoms with Gasteiger partial charge in [-0.15, -0.1) is 11.3 Å². The smallest absolute Gasteiger partial charge is 0.191 e. The summed E-state index contributed by atoms with van der Waals surface area (Å²) in [5.41, 5.74) is 1.35. The number of hydrogen-bond acceptors (Lipinski definition) is 2. The number of benzene rings is 1. The van der Waals surface area contributed by atoms with Crippen LogP contribution in [0, 0.1) is 0 Å². The SMILES string of the molecule is O=c1c2c(sc3ccccc13)CCC2. The molecule has 0 saturated heterocycles. The molecule has 0 saturated carbocycles. The molecule has 0 spiro atoms. The number of hydrogen-bond donors (Lipinski definition) is 0. The maximum Gasteiger partial charge on any atom is 0.191 e. The fourth-order valence-electron chi connectivity index (χ4n) is 2.11. The third-order valence-electron chi connectivity index (χ3n) is 2.81. The zero-order chi connectivity index (χ0) is 9.54. The fraction of sp³-hybridized carbons (Fsp3) is 0.250. The highest BCUT2D eigenvalue weighted by Gasteiger charge is 2.16. The Kier molecular flexibility index (Phi) is 1.71. The molecule has 0 aliphatic heterocycles. The van der Waals surface area contributed by atoms with E-state index in [0.29, 0.717) is 0 Å². The largest absolute Gasteiger partial charge is 0.289 e. The molecule has 0 fully saturated rings. The Hall–Kier alpha value is -1.15. The molecule has 1 aliphatic rings. The lowest BCUT2D eigenvalue weighted by atomic mass is 10.2. The maximum absolute atomic E-state index is 12.0. The number of aryl methyl sites for hydroxylation is 1. The molecule has 1 nitrogen and oxygen atoms in total. The molecule has 1 aliphatic carbocycles. The average molecular weight is 202 g/mol. The summed E-state index contributed by atoms with van der Waals surface area (Å²) < 4.78 is 1.14. The van der Waals surface area contributed by atoms with E-state index < -0.39 is 0 Å². The van der Waals surface area contributed by atoms with Gasteiger partial charge in [0.1, 0.15) is 0 Å². The van der Waals surface area contributed by atoms with Crippen LogP contribution < -0.4 is 5.43 Å². The lowest BCUT2D eigenvalue weighted by Crippen LogP contribution is -2.06. The second-order valence-corrected chi connectivity index (χ2v) is 4.82. The normalized spacial score (nSPS) is 14.6. The monoisotopic (exact) mass is 202 g/mol. The first-order valence-corrected chi connectivity index (χ1v) is 5.71. The highest BCUT2D eigenvalue weighted by Crippen LogP contribution is 2.28. The summed E-state index contributed by atoms with van der Waals surface area (Å²) in [5, 5.41) is 0.901. The molecule has 1 heterocycles. The predicted molar refractivity (Wildman–Crippen MR) is 60.1 cm³/mol. The van der Waals surface area contributed by atoms with Crippen molar-refractivity contribution in [2.45, 2.75) is 19.3 Å². The van der Waals surface area contributed by atoms with Crippen molar-refractivity contribution in [2.24, 2.45) is 0 Å². The molecule has 0 atom stereocenters. The van der Waals surface area contributed by atoms with Crippen LogP contribution in [-0.2, 0) is 12.8 Å². The third-order valence-corrected chi connectivity index (χ3v) is 4.08. The molecule has 70 valence electrons. The molecule has 0 N–H and O–H groups in total. The van der Waals surface area contributed by atoms with Gasteiger partial charge < -0.3 is 0 Å². The summed E-state index contributed by atoms with van der Waals surface area (Å²) in [4.78, 5) is 13.3. The van der Waals surface area contributed by atoms with Crippen molar-refractivity contribution < 1.29 is 0 Å². The summed E-state index contributed by atoms with van der Waals surface area (Å²) in [6.45, 7) is 0. The van der Waals surface area contributed by atoms with Gasteiger partial charge in [0.2, 0.25) is 0 Å². The van der Waals surface area contributed by atoms with Gasteiger partial charge in [-0.1, -0.05) is 12.1 Å². The van der Waals surface area contributed by atoms with Crippen LogP contribution >= 0.6 is 11.3 Å². The molecule has 0 unspecified atom stereocenters. The number of fused-ring (bicyclic) bond motifs is 2. The van der Waals surface area contributed by atoms with Crippen LogP contribution in [0.5, 0.6) is 0 Å². The Morgan fingerprint density at radius 2 is 2.00 bits per heavy atom. The van der Waals surface area contributed by atoms with Gasteiger partial charge in [-0.25, -0.2) is 0 Å². The van der Waals surface area contributed by atoms with Crippen LogP contribution in [0.15, 0.2) is 29.1 Å². The van der Waals surface area contributed by atoms with Crippen molar-refractivity contribution >= 4 is 21.4 Å². The zero-order valence-electron chi connectivity index (χ0n) is 7.75. The molecule has 0 amide bonds. The minimum atomic E-state index is 0.270. The van der Waals surface area contributed by atoms with Gasteiger partial charge in [0.15, 0.2) is 5.43 Å². The van der Waals surface area contributed by atoms with Gasteiger partial charge in [-0.2, -0.15) is 0 Å². The van der Waals surface area contributed by atoms with Gasteiger partial charge in [0.25, 0.3) is 0 Å². The van der Waals surface area contributed by atoms with E-state index in [1.165, 1.54) is 4.88 Å². The molecule has 0 bridgehead atoms. The molecule has 2 aromatic rings. The molecule has 1 aromatic carbocycles. The molecule has 14 heavy (non-hydrogen) atoms. The van der Waals surface area contributed by atoms with Crippen LogP contribution in [0.2, 0.25) is 0 Å². The van der Waals surface area contributed by atoms with Gasteiger partial charge >= 0.3 is 0 Å². The van der Waals surface area contributed by atoms with Crippen LogP contribution in [0.4, 0.5) is 0 Å². The van der Waals surface area contributed by atoms with E-state index in [9.17, 15) is 4.79 Å². The lowest BCUT2D eigenvalue weighted by Gasteiger charge is -2.00. The standard InChI is InChI=1S/C12H10OS/c13-12-8-4-1-2-6-10(8)14-11-7-3-5-9(11)12/h1-2,4,6H,3,5,7H2. The minimum Gasteiger partial charge on any atom is -0.289 e. The second kappa shape index (κ2) is 2.92. The summed E-state index contributed by atoms with van der Waals surface area (Å²) in [6, 6.07) is 7.92. The highest BCUT2D eigenvalue weighted by molar-refractivity contribution is 7.18. The predicted octanol–water partition coefficient (Wildman–Crippen LogP) is 2.75. The van der Waals surface area contributed by atoms with Crippen LogP contribution in [0.3, 0.4) is 0 Å². The topological polar surface area (TPSA) is 17.1 Å². The van der Waals surface area contributed by atoms with E-state index in [1.807, 2.05) is 24.3 Å². The van der Waals surface area contributed by atoms with E-state index in [0.717, 1.165) is 34.9 Å². The summed E-state index contributed by atoms with van der Waals surface area (Å²) in [6.07, 6.45) is 3.23. The van der Waals surface area contributed by atoms with Gasteiger partial charge in [-0.05, 0) is 31.4 Å². The van der Waals surface area contributed by atoms with E-state index in [2.05, 4.69) is 0 Å². The average Bonchev–Trinajstić information content (AvgIpc) is 2.66. The van der Waals surface area contributed by atoms with Gasteiger partial charge in [-0.3, -0.25) is 4.79 Å². The summed E-state index contributed by atoms with van der Waals surface area (Å²) in [5.74, 6) is 0. The Balaban J connectivity index is 2.50. The molecular formula is C12H10OS. The Bertz CT molecular complexity index is 554. The molecular weight excluding hydrogens is 192 g/mol. The Morgan fingerprint density at radius 3 is 2.93 bits per heavy atom. The zero-order valence-corrected chi connectivity index (χ0v) is 8.56. The third kappa shape index (κ3) is 1.04. The Morgan fingerprint density at radius 1 is 1.14 bits per heavy atom. The first-order valence-electron chi connectivity index (χ1n) is 4.90. The fourth-order valence-corrected chi connectivity index (χ4v) is 3.35. The molecule has 1 aromatic heterocycles. The van der Waals surface area contributed by atoms with Crippen LogP contribution in [0.25, 0.3) is 10.1 Å². The first kappa shape index (κ1) is 8.18. The van der Waals surface area contributed by atoms with E-state index >= 15 is 0 Å². The molecule has 2 heteroatoms. The van der Waals surface area contributed by atoms with E-state index in [1.54, 1.807) is 11.3 Å². The minimum absolute atomic E-state index is 0.270. The summed E-state index contributed by atoms with van der Waals surface area (Å²) in [7, 11) is 0. The van der Waals surface area contributed by atoms with E-state index in [4.69, 9.17) is 0 Å². The van der Waals surface area contributed by atoms with E-state index in [-0.39, 0.29) is 5.43 Å². The van der Waals surface area contributed by atoms with Crippen molar-refractivity contribution in [3.05, 3.63) is 44.9 Å². The molecule has 0 radical (unpaired) electrons. The van der Waals surface area contributed by atoms with Crippen molar-refractivity contribution in [1.29, 1.82) is 0 Å². The number of rotatable bonds is 0. The van der Waals surface area contributed by atoms with Gasteiger partial charge in [0.05, 0.1) is 0 Å². The second-order valence-electron chi connectivity index (χ2n) is 3.68. The Labute approximate surface area is 86.0 Å². The highest BCUT2D eigenvalue weighted by atomic mass is 32.1.